The van der Waals surface area contributed by atoms with Crippen LogP contribution in [0.4, 0.5) is 5.69 Å². The molecule has 0 amide bonds. The fourth-order valence-corrected chi connectivity index (χ4v) is 2.96. The molecule has 28 heavy (non-hydrogen) atoms. The molecule has 0 spiro atoms. The number of ether oxygens (including phenoxy) is 1. The molecule has 0 aliphatic heterocycles. The number of hydrogen-bond donors (Lipinski definition) is 0. The first-order chi connectivity index (χ1) is 13.5. The predicted molar refractivity (Wildman–Crippen MR) is 105 cm³/mol. The van der Waals surface area contributed by atoms with Crippen LogP contribution in [0.2, 0.25) is 0 Å². The molecule has 1 aromatic carbocycles. The van der Waals surface area contributed by atoms with E-state index in [-0.39, 0.29) is 18.1 Å². The molecule has 0 radical (unpaired) electrons. The van der Waals surface area contributed by atoms with Crippen LogP contribution in [0.5, 0.6) is 5.75 Å². The molecule has 0 aliphatic carbocycles. The lowest BCUT2D eigenvalue weighted by atomic mass is 10.2. The van der Waals surface area contributed by atoms with Crippen molar-refractivity contribution in [2.45, 2.75) is 20.1 Å². The number of rotatable bonds is 8. The lowest BCUT2D eigenvalue weighted by Crippen LogP contribution is -2.07. The average molecular weight is 446 g/mol. The molecule has 0 unspecified atom stereocenters. The van der Waals surface area contributed by atoms with Gasteiger partial charge in [0, 0.05) is 18.7 Å². The number of nitro groups is 1. The summed E-state index contributed by atoms with van der Waals surface area (Å²) in [7, 11) is 0. The molecule has 0 aliphatic rings. The zero-order valence-electron chi connectivity index (χ0n) is 14.9. The van der Waals surface area contributed by atoms with E-state index in [1.54, 1.807) is 29.1 Å². The minimum absolute atomic E-state index is 0.00140. The Hall–Kier alpha value is -3.20. The van der Waals surface area contributed by atoms with E-state index in [0.29, 0.717) is 34.0 Å². The fraction of sp³-hybridized carbons (Fsp3) is 0.158. The van der Waals surface area contributed by atoms with Crippen molar-refractivity contribution in [2.75, 3.05) is 0 Å². The van der Waals surface area contributed by atoms with Crippen molar-refractivity contribution in [1.82, 2.24) is 9.78 Å². The molecule has 0 N–H and O–H groups in total. The van der Waals surface area contributed by atoms with Gasteiger partial charge in [-0.1, -0.05) is 0 Å². The van der Waals surface area contributed by atoms with E-state index in [1.165, 1.54) is 30.3 Å². The Kier molecular flexibility index (Phi) is 6.05. The van der Waals surface area contributed by atoms with Crippen LogP contribution in [0.15, 0.2) is 57.6 Å². The summed E-state index contributed by atoms with van der Waals surface area (Å²) in [6.07, 6.45) is 4.59. The smallest absolute Gasteiger partial charge is 0.269 e. The van der Waals surface area contributed by atoms with Crippen molar-refractivity contribution >= 4 is 33.5 Å². The second-order valence-electron chi connectivity index (χ2n) is 5.70. The van der Waals surface area contributed by atoms with Crippen LogP contribution in [-0.4, -0.2) is 20.5 Å². The van der Waals surface area contributed by atoms with Crippen LogP contribution >= 0.6 is 15.9 Å². The van der Waals surface area contributed by atoms with Gasteiger partial charge in [0.25, 0.3) is 5.69 Å². The minimum Gasteiger partial charge on any atom is -0.486 e. The summed E-state index contributed by atoms with van der Waals surface area (Å²) in [6.45, 7) is 2.66. The monoisotopic (exact) mass is 445 g/mol. The molecular weight excluding hydrogens is 430 g/mol. The van der Waals surface area contributed by atoms with Gasteiger partial charge in [-0.15, -0.1) is 0 Å². The highest BCUT2D eigenvalue weighted by Crippen LogP contribution is 2.20. The molecule has 3 rings (SSSR count). The first kappa shape index (κ1) is 19.6. The number of furan rings is 1. The normalized spacial score (nSPS) is 11.1. The number of nitro benzene ring substituents is 1. The van der Waals surface area contributed by atoms with Crippen molar-refractivity contribution in [3.8, 4) is 5.75 Å². The molecule has 0 fully saturated rings. The summed E-state index contributed by atoms with van der Waals surface area (Å²) in [4.78, 5) is 22.6. The van der Waals surface area contributed by atoms with E-state index in [0.717, 1.165) is 0 Å². The summed E-state index contributed by atoms with van der Waals surface area (Å²) in [5.74, 6) is 1.37. The number of non-ortho nitro benzene ring substituents is 1. The molecule has 0 bridgehead atoms. The molecule has 8 nitrogen and oxygen atoms in total. The zero-order valence-corrected chi connectivity index (χ0v) is 16.5. The van der Waals surface area contributed by atoms with Crippen molar-refractivity contribution in [1.29, 1.82) is 0 Å². The van der Waals surface area contributed by atoms with E-state index in [1.807, 2.05) is 6.92 Å². The maximum Gasteiger partial charge on any atom is 0.269 e. The quantitative estimate of drug-likeness (QED) is 0.216. The van der Waals surface area contributed by atoms with Gasteiger partial charge in [0.05, 0.1) is 15.6 Å². The maximum atomic E-state index is 12.4. The van der Waals surface area contributed by atoms with Crippen LogP contribution in [-0.2, 0) is 13.2 Å². The number of aryl methyl sites for hydroxylation is 1. The topological polar surface area (TPSA) is 100 Å². The third-order valence-corrected chi connectivity index (χ3v) is 4.42. The fourth-order valence-electron chi connectivity index (χ4n) is 2.46. The number of hydrogen-bond acceptors (Lipinski definition) is 6. The minimum atomic E-state index is -0.470. The Morgan fingerprint density at radius 2 is 2.07 bits per heavy atom. The molecule has 2 heterocycles. The first-order valence-electron chi connectivity index (χ1n) is 8.37. The van der Waals surface area contributed by atoms with Crippen molar-refractivity contribution in [2.24, 2.45) is 0 Å². The Labute approximate surface area is 168 Å². The average Bonchev–Trinajstić information content (AvgIpc) is 3.30. The van der Waals surface area contributed by atoms with E-state index < -0.39 is 4.92 Å². The van der Waals surface area contributed by atoms with Gasteiger partial charge in [-0.2, -0.15) is 5.10 Å². The number of allylic oxidation sites excluding steroid dienone is 1. The largest absolute Gasteiger partial charge is 0.486 e. The Morgan fingerprint density at radius 1 is 1.32 bits per heavy atom. The maximum absolute atomic E-state index is 12.4. The molecule has 0 atom stereocenters. The third-order valence-electron chi connectivity index (χ3n) is 3.84. The molecule has 144 valence electrons. The number of nitrogens with zero attached hydrogens (tertiary/aromatic N) is 3. The van der Waals surface area contributed by atoms with Gasteiger partial charge in [-0.25, -0.2) is 0 Å². The van der Waals surface area contributed by atoms with Crippen LogP contribution < -0.4 is 4.74 Å². The lowest BCUT2D eigenvalue weighted by Gasteiger charge is -2.03. The summed E-state index contributed by atoms with van der Waals surface area (Å²) in [6, 6.07) is 9.25. The third kappa shape index (κ3) is 4.55. The van der Waals surface area contributed by atoms with E-state index >= 15 is 0 Å². The molecular formula is C19H16BrN3O5. The molecule has 2 aromatic heterocycles. The van der Waals surface area contributed by atoms with Crippen molar-refractivity contribution in [3.05, 3.63) is 80.5 Å². The van der Waals surface area contributed by atoms with Gasteiger partial charge in [0.15, 0.2) is 0 Å². The van der Waals surface area contributed by atoms with Crippen molar-refractivity contribution in [3.63, 3.8) is 0 Å². The molecule has 3 aromatic rings. The summed E-state index contributed by atoms with van der Waals surface area (Å²) in [5.41, 5.74) is 0.477. The number of halogens is 1. The Morgan fingerprint density at radius 3 is 2.75 bits per heavy atom. The second-order valence-corrected chi connectivity index (χ2v) is 6.55. The van der Waals surface area contributed by atoms with E-state index in [2.05, 4.69) is 21.0 Å². The number of aromatic nitrogens is 2. The summed E-state index contributed by atoms with van der Waals surface area (Å²) in [5, 5.41) is 14.8. The highest BCUT2D eigenvalue weighted by atomic mass is 79.9. The van der Waals surface area contributed by atoms with Crippen LogP contribution in [0, 0.1) is 10.1 Å². The first-order valence-corrected chi connectivity index (χ1v) is 9.17. The number of ketones is 1. The van der Waals surface area contributed by atoms with Crippen LogP contribution in [0.1, 0.15) is 28.9 Å². The molecule has 9 heteroatoms. The van der Waals surface area contributed by atoms with Gasteiger partial charge >= 0.3 is 0 Å². The number of benzene rings is 1. The standard InChI is InChI=1S/C19H16BrN3O5/c1-2-22-19(17(20)11-21-22)18(24)10-9-15-7-8-16(28-15)12-27-14-5-3-13(4-6-14)23(25)26/h3-11H,2,12H2,1H3/b10-9+. The predicted octanol–water partition coefficient (Wildman–Crippen LogP) is 4.64. The lowest BCUT2D eigenvalue weighted by molar-refractivity contribution is -0.384. The SMILES string of the molecule is CCn1ncc(Br)c1C(=O)/C=C/c1ccc(COc2ccc([N+](=O)[O-])cc2)o1. The van der Waals surface area contributed by atoms with Gasteiger partial charge < -0.3 is 9.15 Å². The molecule has 0 saturated heterocycles. The van der Waals surface area contributed by atoms with Gasteiger partial charge in [-0.05, 0) is 59.3 Å². The highest BCUT2D eigenvalue weighted by molar-refractivity contribution is 9.10. The number of carbonyl (C=O) groups is 1. The van der Waals surface area contributed by atoms with Crippen molar-refractivity contribution < 1.29 is 18.9 Å². The van der Waals surface area contributed by atoms with Gasteiger partial charge in [0.2, 0.25) is 5.78 Å². The van der Waals surface area contributed by atoms with Gasteiger partial charge in [0.1, 0.15) is 29.6 Å². The molecule has 0 saturated carbocycles. The highest BCUT2D eigenvalue weighted by Gasteiger charge is 2.14. The Balaban J connectivity index is 1.60. The Bertz CT molecular complexity index is 1020. The summed E-state index contributed by atoms with van der Waals surface area (Å²) < 4.78 is 13.4. The van der Waals surface area contributed by atoms with Crippen LogP contribution in [0.3, 0.4) is 0 Å². The number of carbonyl (C=O) groups excluding carboxylic acids is 1. The summed E-state index contributed by atoms with van der Waals surface area (Å²) >= 11 is 3.33. The van der Waals surface area contributed by atoms with Crippen LogP contribution in [0.25, 0.3) is 6.08 Å². The zero-order chi connectivity index (χ0) is 20.1. The second kappa shape index (κ2) is 8.66. The van der Waals surface area contributed by atoms with Gasteiger partial charge in [-0.3, -0.25) is 19.6 Å². The van der Waals surface area contributed by atoms with E-state index in [9.17, 15) is 14.9 Å². The van der Waals surface area contributed by atoms with E-state index in [4.69, 9.17) is 9.15 Å².